The fraction of sp³-hybridized carbons (Fsp3) is 1.00. The quantitative estimate of drug-likeness (QED) is 0.612. The van der Waals surface area contributed by atoms with E-state index in [1.54, 1.807) is 0 Å². The van der Waals surface area contributed by atoms with Gasteiger partial charge in [0.05, 0.1) is 0 Å². The molecule has 0 aromatic carbocycles. The summed E-state index contributed by atoms with van der Waals surface area (Å²) < 4.78 is 0. The van der Waals surface area contributed by atoms with E-state index in [0.29, 0.717) is 0 Å². The van der Waals surface area contributed by atoms with Crippen molar-refractivity contribution in [3.8, 4) is 0 Å². The maximum absolute atomic E-state index is 3.55. The zero-order valence-electron chi connectivity index (χ0n) is 8.22. The van der Waals surface area contributed by atoms with Gasteiger partial charge in [-0.2, -0.15) is 0 Å². The third-order valence-corrected chi connectivity index (χ3v) is 3.43. The molecule has 1 heteroatoms. The summed E-state index contributed by atoms with van der Waals surface area (Å²) in [7, 11) is 0. The van der Waals surface area contributed by atoms with Crippen LogP contribution in [0.1, 0.15) is 34.1 Å². The van der Waals surface area contributed by atoms with E-state index in [1.807, 2.05) is 0 Å². The van der Waals surface area contributed by atoms with Crippen molar-refractivity contribution in [2.45, 2.75) is 40.2 Å². The lowest BCUT2D eigenvalue weighted by molar-refractivity contribution is 0.148. The normalized spacial score (nSPS) is 45.8. The van der Waals surface area contributed by atoms with Crippen molar-refractivity contribution in [1.82, 2.24) is 5.32 Å². The van der Waals surface area contributed by atoms with E-state index in [-0.39, 0.29) is 0 Å². The Bertz CT molecular complexity index is 122. The lowest BCUT2D eigenvalue weighted by atomic mass is 9.75. The molecular formula is C10H21N. The average molecular weight is 155 g/mol. The summed E-state index contributed by atoms with van der Waals surface area (Å²) in [5.41, 5.74) is 0. The van der Waals surface area contributed by atoms with Gasteiger partial charge in [0.25, 0.3) is 0 Å². The van der Waals surface area contributed by atoms with Crippen LogP contribution in [0.25, 0.3) is 0 Å². The second kappa shape index (κ2) is 3.57. The highest BCUT2D eigenvalue weighted by atomic mass is 14.9. The van der Waals surface area contributed by atoms with Crippen LogP contribution < -0.4 is 5.32 Å². The lowest BCUT2D eigenvalue weighted by Crippen LogP contribution is -2.47. The molecule has 4 unspecified atom stereocenters. The van der Waals surface area contributed by atoms with Crippen LogP contribution in [0, 0.1) is 17.8 Å². The molecule has 66 valence electrons. The smallest absolute Gasteiger partial charge is 0.00672 e. The monoisotopic (exact) mass is 155 g/mol. The highest BCUT2D eigenvalue weighted by molar-refractivity contribution is 4.84. The number of hydrogen-bond donors (Lipinski definition) is 1. The van der Waals surface area contributed by atoms with E-state index in [9.17, 15) is 0 Å². The summed E-state index contributed by atoms with van der Waals surface area (Å²) in [6.07, 6.45) is 1.34. The molecule has 4 atom stereocenters. The van der Waals surface area contributed by atoms with Crippen molar-refractivity contribution in [1.29, 1.82) is 0 Å². The summed E-state index contributed by atoms with van der Waals surface area (Å²) in [5, 5.41) is 3.55. The average Bonchev–Trinajstić information content (AvgIpc) is 1.99. The predicted octanol–water partition coefficient (Wildman–Crippen LogP) is 2.28. The third kappa shape index (κ3) is 1.76. The van der Waals surface area contributed by atoms with Gasteiger partial charge in [0, 0.05) is 6.04 Å². The number of nitrogens with one attached hydrogen (secondary N) is 1. The minimum Gasteiger partial charge on any atom is -0.314 e. The number of hydrogen-bond acceptors (Lipinski definition) is 1. The van der Waals surface area contributed by atoms with Gasteiger partial charge in [-0.15, -0.1) is 0 Å². The van der Waals surface area contributed by atoms with Crippen LogP contribution in [0.4, 0.5) is 0 Å². The van der Waals surface area contributed by atoms with Gasteiger partial charge < -0.3 is 5.32 Å². The fourth-order valence-electron chi connectivity index (χ4n) is 2.37. The molecule has 1 N–H and O–H groups in total. The molecule has 11 heavy (non-hydrogen) atoms. The van der Waals surface area contributed by atoms with Crippen LogP contribution in [0.3, 0.4) is 0 Å². The fourth-order valence-corrected chi connectivity index (χ4v) is 2.37. The first-order valence-corrected chi connectivity index (χ1v) is 4.90. The molecule has 1 saturated heterocycles. The summed E-state index contributed by atoms with van der Waals surface area (Å²) in [4.78, 5) is 0. The van der Waals surface area contributed by atoms with Crippen LogP contribution in [0.2, 0.25) is 0 Å². The van der Waals surface area contributed by atoms with Crippen LogP contribution >= 0.6 is 0 Å². The van der Waals surface area contributed by atoms with E-state index in [2.05, 4.69) is 33.0 Å². The molecule has 1 nitrogen and oxygen atoms in total. The number of piperidine rings is 1. The van der Waals surface area contributed by atoms with E-state index < -0.39 is 0 Å². The molecular weight excluding hydrogens is 134 g/mol. The Hall–Kier alpha value is -0.0400. The van der Waals surface area contributed by atoms with Crippen molar-refractivity contribution >= 4 is 0 Å². The molecule has 0 radical (unpaired) electrons. The predicted molar refractivity (Wildman–Crippen MR) is 49.6 cm³/mol. The van der Waals surface area contributed by atoms with Gasteiger partial charge in [-0.05, 0) is 31.2 Å². The molecule has 0 aromatic heterocycles. The Labute approximate surface area is 70.6 Å². The van der Waals surface area contributed by atoms with E-state index in [1.165, 1.54) is 13.0 Å². The van der Waals surface area contributed by atoms with Crippen molar-refractivity contribution in [3.63, 3.8) is 0 Å². The second-order valence-corrected chi connectivity index (χ2v) is 4.11. The zero-order chi connectivity index (χ0) is 8.43. The highest BCUT2D eigenvalue weighted by Gasteiger charge is 2.30. The Morgan fingerprint density at radius 1 is 1.27 bits per heavy atom. The minimum atomic E-state index is 0.719. The maximum atomic E-state index is 3.55. The zero-order valence-corrected chi connectivity index (χ0v) is 8.22. The van der Waals surface area contributed by atoms with E-state index >= 15 is 0 Å². The first-order valence-electron chi connectivity index (χ1n) is 4.90. The van der Waals surface area contributed by atoms with Gasteiger partial charge in [-0.3, -0.25) is 0 Å². The molecule has 1 fully saturated rings. The van der Waals surface area contributed by atoms with Crippen LogP contribution in [0.15, 0.2) is 0 Å². The van der Waals surface area contributed by atoms with Gasteiger partial charge in [-0.25, -0.2) is 0 Å². The highest BCUT2D eigenvalue weighted by Crippen LogP contribution is 2.29. The van der Waals surface area contributed by atoms with Crippen LogP contribution in [-0.2, 0) is 0 Å². The lowest BCUT2D eigenvalue weighted by Gasteiger charge is -2.39. The molecule has 1 heterocycles. The minimum absolute atomic E-state index is 0.719. The molecule has 0 aliphatic carbocycles. The molecule has 0 aromatic rings. The maximum Gasteiger partial charge on any atom is 0.00672 e. The summed E-state index contributed by atoms with van der Waals surface area (Å²) in [6.45, 7) is 10.6. The first-order chi connectivity index (χ1) is 5.16. The standard InChI is InChI=1S/C10H21N/c1-5-10-7(2)6-11-9(4)8(10)3/h7-11H,5-6H2,1-4H3. The molecule has 0 spiro atoms. The van der Waals surface area contributed by atoms with Crippen molar-refractivity contribution < 1.29 is 0 Å². The third-order valence-electron chi connectivity index (χ3n) is 3.43. The van der Waals surface area contributed by atoms with Crippen molar-refractivity contribution in [3.05, 3.63) is 0 Å². The largest absolute Gasteiger partial charge is 0.314 e. The molecule has 1 aliphatic heterocycles. The molecule has 0 saturated carbocycles. The first kappa shape index (κ1) is 9.05. The Morgan fingerprint density at radius 3 is 2.36 bits per heavy atom. The summed E-state index contributed by atoms with van der Waals surface area (Å²) in [6, 6.07) is 0.719. The van der Waals surface area contributed by atoms with Gasteiger partial charge in [-0.1, -0.05) is 27.2 Å². The van der Waals surface area contributed by atoms with Crippen molar-refractivity contribution in [2.75, 3.05) is 6.54 Å². The van der Waals surface area contributed by atoms with Crippen molar-refractivity contribution in [2.24, 2.45) is 17.8 Å². The van der Waals surface area contributed by atoms with Crippen LogP contribution in [0.5, 0.6) is 0 Å². The molecule has 1 aliphatic rings. The molecule has 0 amide bonds. The summed E-state index contributed by atoms with van der Waals surface area (Å²) in [5.74, 6) is 2.65. The molecule has 0 bridgehead atoms. The number of rotatable bonds is 1. The Kier molecular flexibility index (Phi) is 2.94. The summed E-state index contributed by atoms with van der Waals surface area (Å²) >= 11 is 0. The second-order valence-electron chi connectivity index (χ2n) is 4.11. The molecule has 1 rings (SSSR count). The topological polar surface area (TPSA) is 12.0 Å². The van der Waals surface area contributed by atoms with E-state index in [4.69, 9.17) is 0 Å². The van der Waals surface area contributed by atoms with Crippen LogP contribution in [-0.4, -0.2) is 12.6 Å². The van der Waals surface area contributed by atoms with Gasteiger partial charge >= 0.3 is 0 Å². The van der Waals surface area contributed by atoms with Gasteiger partial charge in [0.2, 0.25) is 0 Å². The van der Waals surface area contributed by atoms with Gasteiger partial charge in [0.1, 0.15) is 0 Å². The Balaban J connectivity index is 2.55. The van der Waals surface area contributed by atoms with E-state index in [0.717, 1.165) is 23.8 Å². The Morgan fingerprint density at radius 2 is 1.91 bits per heavy atom. The SMILES string of the molecule is CCC1C(C)CNC(C)C1C. The van der Waals surface area contributed by atoms with Gasteiger partial charge in [0.15, 0.2) is 0 Å².